The van der Waals surface area contributed by atoms with Gasteiger partial charge in [-0.3, -0.25) is 9.79 Å². The highest BCUT2D eigenvalue weighted by Gasteiger charge is 2.44. The summed E-state index contributed by atoms with van der Waals surface area (Å²) in [6, 6.07) is 15.1. The van der Waals surface area contributed by atoms with Crippen molar-refractivity contribution in [3.05, 3.63) is 54.1 Å². The number of sulfone groups is 1. The van der Waals surface area contributed by atoms with Crippen LogP contribution < -0.4 is 15.0 Å². The number of rotatable bonds is 7. The van der Waals surface area contributed by atoms with Crippen molar-refractivity contribution in [3.63, 3.8) is 0 Å². The number of fused-ring (bicyclic) bond motifs is 1. The maximum atomic E-state index is 12.9. The van der Waals surface area contributed by atoms with Gasteiger partial charge >= 0.3 is 0 Å². The van der Waals surface area contributed by atoms with Gasteiger partial charge in [-0.1, -0.05) is 37.7 Å². The molecule has 1 saturated heterocycles. The number of benzene rings is 2. The first-order valence-corrected chi connectivity index (χ1v) is 13.8. The summed E-state index contributed by atoms with van der Waals surface area (Å²) in [5, 5.41) is 3.54. The smallest absolute Gasteiger partial charge is 0.244 e. The van der Waals surface area contributed by atoms with E-state index in [0.717, 1.165) is 11.4 Å². The molecule has 0 aromatic heterocycles. The summed E-state index contributed by atoms with van der Waals surface area (Å²) < 4.78 is 29.4. The molecule has 1 N–H and O–H groups in total. The summed E-state index contributed by atoms with van der Waals surface area (Å²) >= 11 is 1.45. The van der Waals surface area contributed by atoms with Gasteiger partial charge in [-0.2, -0.15) is 0 Å². The lowest BCUT2D eigenvalue weighted by Gasteiger charge is -2.24. The first-order chi connectivity index (χ1) is 15.7. The molecule has 1 fully saturated rings. The highest BCUT2D eigenvalue weighted by molar-refractivity contribution is 8.15. The lowest BCUT2D eigenvalue weighted by atomic mass is 10.0. The Bertz CT molecular complexity index is 1130. The number of thioether (sulfide) groups is 1. The number of aliphatic imine (C=N–C) groups is 1. The Labute approximate surface area is 199 Å². The van der Waals surface area contributed by atoms with Crippen LogP contribution in [-0.2, 0) is 14.6 Å². The molecule has 9 heteroatoms. The Kier molecular flexibility index (Phi) is 6.99. The SMILES string of the molecule is CCOc1ccc(NC(=O)CN(C2=N[C@@H]3CS(=O)(=O)C[C@H]3S2)c2ccc(C(C)C)cc2)cc1. The van der Waals surface area contributed by atoms with Crippen LogP contribution in [0, 0.1) is 0 Å². The highest BCUT2D eigenvalue weighted by atomic mass is 32.2. The van der Waals surface area contributed by atoms with Crippen molar-refractivity contribution in [2.24, 2.45) is 4.99 Å². The molecular formula is C24H29N3O4S2. The van der Waals surface area contributed by atoms with Gasteiger partial charge in [0.15, 0.2) is 15.0 Å². The maximum Gasteiger partial charge on any atom is 0.244 e. The lowest BCUT2D eigenvalue weighted by Crippen LogP contribution is -2.36. The molecule has 2 aromatic rings. The number of hydrogen-bond donors (Lipinski definition) is 1. The molecule has 33 heavy (non-hydrogen) atoms. The molecule has 1 amide bonds. The van der Waals surface area contributed by atoms with E-state index in [9.17, 15) is 13.2 Å². The molecular weight excluding hydrogens is 458 g/mol. The largest absolute Gasteiger partial charge is 0.494 e. The summed E-state index contributed by atoms with van der Waals surface area (Å²) in [5.41, 5.74) is 2.75. The standard InChI is InChI=1S/C24H29N3O4S2/c1-4-31-20-11-7-18(8-12-20)25-23(28)13-27(19-9-5-17(6-10-19)16(2)3)24-26-21-14-33(29,30)15-22(21)32-24/h5-12,16,21-22H,4,13-15H2,1-3H3,(H,25,28)/t21-,22-/m1/s1. The Morgan fingerprint density at radius 3 is 2.45 bits per heavy atom. The van der Waals surface area contributed by atoms with E-state index < -0.39 is 9.84 Å². The van der Waals surface area contributed by atoms with Gasteiger partial charge < -0.3 is 15.0 Å². The van der Waals surface area contributed by atoms with E-state index in [1.165, 1.54) is 17.3 Å². The Morgan fingerprint density at radius 1 is 1.15 bits per heavy atom. The van der Waals surface area contributed by atoms with Crippen LogP contribution in [0.5, 0.6) is 5.75 Å². The fourth-order valence-electron chi connectivity index (χ4n) is 3.92. The minimum absolute atomic E-state index is 0.0757. The van der Waals surface area contributed by atoms with Crippen molar-refractivity contribution in [1.29, 1.82) is 0 Å². The third-order valence-electron chi connectivity index (χ3n) is 5.66. The van der Waals surface area contributed by atoms with Gasteiger partial charge in [0.25, 0.3) is 0 Å². The minimum atomic E-state index is -3.04. The van der Waals surface area contributed by atoms with Crippen LogP contribution in [0.25, 0.3) is 0 Å². The van der Waals surface area contributed by atoms with Gasteiger partial charge in [-0.25, -0.2) is 8.42 Å². The first kappa shape index (κ1) is 23.6. The van der Waals surface area contributed by atoms with Crippen molar-refractivity contribution >= 4 is 44.0 Å². The zero-order chi connectivity index (χ0) is 23.6. The number of nitrogens with one attached hydrogen (secondary N) is 1. The zero-order valence-electron chi connectivity index (χ0n) is 19.0. The molecule has 176 valence electrons. The van der Waals surface area contributed by atoms with E-state index in [1.807, 2.05) is 48.2 Å². The van der Waals surface area contributed by atoms with Crippen LogP contribution in [0.15, 0.2) is 53.5 Å². The maximum absolute atomic E-state index is 12.9. The highest BCUT2D eigenvalue weighted by Crippen LogP contribution is 2.37. The van der Waals surface area contributed by atoms with Crippen LogP contribution in [0.3, 0.4) is 0 Å². The van der Waals surface area contributed by atoms with Gasteiger partial charge in [-0.15, -0.1) is 0 Å². The average Bonchev–Trinajstić information content (AvgIpc) is 3.27. The summed E-state index contributed by atoms with van der Waals surface area (Å²) in [6.07, 6.45) is 0. The molecule has 2 atom stereocenters. The summed E-state index contributed by atoms with van der Waals surface area (Å²) in [6.45, 7) is 6.85. The molecule has 4 rings (SSSR count). The number of anilines is 2. The quantitative estimate of drug-likeness (QED) is 0.637. The Balaban J connectivity index is 1.53. The Morgan fingerprint density at radius 2 is 1.85 bits per heavy atom. The van der Waals surface area contributed by atoms with Gasteiger partial charge in [0.05, 0.1) is 24.2 Å². The second-order valence-corrected chi connectivity index (χ2v) is 11.9. The monoisotopic (exact) mass is 487 g/mol. The van der Waals surface area contributed by atoms with Crippen LogP contribution in [0.4, 0.5) is 11.4 Å². The summed E-state index contributed by atoms with van der Waals surface area (Å²) in [5.74, 6) is 1.18. The molecule has 0 radical (unpaired) electrons. The number of carbonyl (C=O) groups excluding carboxylic acids is 1. The van der Waals surface area contributed by atoms with Crippen LogP contribution in [0.1, 0.15) is 32.3 Å². The number of hydrogen-bond acceptors (Lipinski definition) is 7. The molecule has 2 heterocycles. The third-order valence-corrected chi connectivity index (χ3v) is 8.91. The number of ether oxygens (including phenoxy) is 1. The van der Waals surface area contributed by atoms with Crippen LogP contribution in [0.2, 0.25) is 0 Å². The minimum Gasteiger partial charge on any atom is -0.494 e. The Hall–Kier alpha value is -2.52. The van der Waals surface area contributed by atoms with E-state index in [-0.39, 0.29) is 35.2 Å². The molecule has 0 aliphatic carbocycles. The normalized spacial score (nSPS) is 20.9. The predicted octanol–water partition coefficient (Wildman–Crippen LogP) is 3.92. The first-order valence-electron chi connectivity index (χ1n) is 11.1. The lowest BCUT2D eigenvalue weighted by molar-refractivity contribution is -0.114. The molecule has 7 nitrogen and oxygen atoms in total. The fraction of sp³-hybridized carbons (Fsp3) is 0.417. The summed E-state index contributed by atoms with van der Waals surface area (Å²) in [4.78, 5) is 19.5. The van der Waals surface area contributed by atoms with Crippen molar-refractivity contribution in [2.45, 2.75) is 38.0 Å². The van der Waals surface area contributed by atoms with E-state index >= 15 is 0 Å². The van der Waals surface area contributed by atoms with E-state index in [2.05, 4.69) is 31.3 Å². The van der Waals surface area contributed by atoms with Crippen LogP contribution >= 0.6 is 11.8 Å². The van der Waals surface area contributed by atoms with E-state index in [0.29, 0.717) is 23.4 Å². The number of nitrogens with zero attached hydrogens (tertiary/aromatic N) is 2. The molecule has 2 aromatic carbocycles. The number of amides is 1. The van der Waals surface area contributed by atoms with Crippen molar-refractivity contribution < 1.29 is 17.9 Å². The molecule has 0 saturated carbocycles. The average molecular weight is 488 g/mol. The third kappa shape index (κ3) is 5.70. The van der Waals surface area contributed by atoms with Gasteiger partial charge in [0.2, 0.25) is 5.91 Å². The molecule has 0 spiro atoms. The molecule has 0 unspecified atom stereocenters. The summed E-state index contributed by atoms with van der Waals surface area (Å²) in [7, 11) is -3.04. The van der Waals surface area contributed by atoms with Crippen molar-refractivity contribution in [2.75, 3.05) is 34.9 Å². The zero-order valence-corrected chi connectivity index (χ0v) is 20.7. The van der Waals surface area contributed by atoms with Crippen molar-refractivity contribution in [1.82, 2.24) is 0 Å². The molecule has 0 bridgehead atoms. The van der Waals surface area contributed by atoms with E-state index in [4.69, 9.17) is 9.73 Å². The van der Waals surface area contributed by atoms with Gasteiger partial charge in [0.1, 0.15) is 12.3 Å². The predicted molar refractivity (Wildman–Crippen MR) is 135 cm³/mol. The molecule has 2 aliphatic rings. The second kappa shape index (κ2) is 9.77. The molecule has 2 aliphatic heterocycles. The van der Waals surface area contributed by atoms with E-state index in [1.54, 1.807) is 0 Å². The fourth-order valence-corrected chi connectivity index (χ4v) is 7.71. The number of amidine groups is 1. The van der Waals surface area contributed by atoms with Crippen molar-refractivity contribution in [3.8, 4) is 5.75 Å². The number of carbonyl (C=O) groups is 1. The van der Waals surface area contributed by atoms with Crippen LogP contribution in [-0.4, -0.2) is 55.4 Å². The van der Waals surface area contributed by atoms with Gasteiger partial charge in [-0.05, 0) is 54.8 Å². The topological polar surface area (TPSA) is 88.1 Å². The second-order valence-electron chi connectivity index (χ2n) is 8.55. The van der Waals surface area contributed by atoms with Gasteiger partial charge in [0, 0.05) is 16.6 Å².